The number of aromatic nitrogens is 3. The van der Waals surface area contributed by atoms with Gasteiger partial charge in [-0.1, -0.05) is 36.8 Å². The summed E-state index contributed by atoms with van der Waals surface area (Å²) >= 11 is 0. The van der Waals surface area contributed by atoms with Gasteiger partial charge in [0.25, 0.3) is 0 Å². The molecule has 100 valence electrons. The lowest BCUT2D eigenvalue weighted by Gasteiger charge is -2.20. The van der Waals surface area contributed by atoms with Crippen molar-refractivity contribution in [1.82, 2.24) is 20.1 Å². The van der Waals surface area contributed by atoms with Gasteiger partial charge < -0.3 is 5.32 Å². The van der Waals surface area contributed by atoms with Crippen LogP contribution in [-0.2, 0) is 6.54 Å². The van der Waals surface area contributed by atoms with Crippen molar-refractivity contribution < 1.29 is 0 Å². The van der Waals surface area contributed by atoms with Crippen molar-refractivity contribution in [2.75, 3.05) is 6.54 Å². The zero-order valence-corrected chi connectivity index (χ0v) is 10.8. The van der Waals surface area contributed by atoms with E-state index in [1.54, 1.807) is 0 Å². The standard InChI is InChI=1S/C14H18N4O/c19-14-16-13(12-8-4-5-9-15-12)17-18(14)10-11-6-2-1-3-7-11/h1-3,6-7,12,15H,4-5,8-10H2,(H,16,17,19). The summed E-state index contributed by atoms with van der Waals surface area (Å²) in [5, 5.41) is 7.81. The molecule has 1 saturated heterocycles. The van der Waals surface area contributed by atoms with Gasteiger partial charge in [-0.2, -0.15) is 5.10 Å². The van der Waals surface area contributed by atoms with Crippen LogP contribution in [0.1, 0.15) is 36.7 Å². The lowest BCUT2D eigenvalue weighted by Crippen LogP contribution is -2.27. The first-order valence-corrected chi connectivity index (χ1v) is 6.77. The zero-order chi connectivity index (χ0) is 13.1. The normalized spacial score (nSPS) is 19.5. The molecule has 0 spiro atoms. The third-order valence-corrected chi connectivity index (χ3v) is 3.51. The van der Waals surface area contributed by atoms with E-state index in [0.29, 0.717) is 6.54 Å². The van der Waals surface area contributed by atoms with E-state index in [1.807, 2.05) is 30.3 Å². The maximum Gasteiger partial charge on any atom is 0.343 e. The fourth-order valence-electron chi connectivity index (χ4n) is 2.48. The van der Waals surface area contributed by atoms with Gasteiger partial charge in [-0.3, -0.25) is 4.98 Å². The summed E-state index contributed by atoms with van der Waals surface area (Å²) in [5.74, 6) is 0.764. The number of rotatable bonds is 3. The van der Waals surface area contributed by atoms with Crippen LogP contribution in [0.2, 0.25) is 0 Å². The van der Waals surface area contributed by atoms with E-state index in [1.165, 1.54) is 17.5 Å². The number of piperidine rings is 1. The van der Waals surface area contributed by atoms with E-state index in [-0.39, 0.29) is 11.7 Å². The van der Waals surface area contributed by atoms with Crippen molar-refractivity contribution in [1.29, 1.82) is 0 Å². The van der Waals surface area contributed by atoms with Crippen LogP contribution in [-0.4, -0.2) is 21.3 Å². The molecule has 0 aliphatic carbocycles. The Morgan fingerprint density at radius 1 is 1.26 bits per heavy atom. The minimum absolute atomic E-state index is 0.133. The summed E-state index contributed by atoms with van der Waals surface area (Å²) in [4.78, 5) is 14.8. The second-order valence-corrected chi connectivity index (χ2v) is 4.96. The molecule has 1 aromatic carbocycles. The average Bonchev–Trinajstić information content (AvgIpc) is 2.82. The molecule has 1 aliphatic rings. The topological polar surface area (TPSA) is 62.7 Å². The van der Waals surface area contributed by atoms with Gasteiger partial charge in [0.1, 0.15) is 5.82 Å². The van der Waals surface area contributed by atoms with E-state index in [9.17, 15) is 4.79 Å². The van der Waals surface area contributed by atoms with Gasteiger partial charge in [-0.15, -0.1) is 0 Å². The van der Waals surface area contributed by atoms with Gasteiger partial charge in [0.2, 0.25) is 0 Å². The second kappa shape index (κ2) is 5.40. The summed E-state index contributed by atoms with van der Waals surface area (Å²) in [6.07, 6.45) is 3.43. The lowest BCUT2D eigenvalue weighted by atomic mass is 10.0. The number of hydrogen-bond acceptors (Lipinski definition) is 3. The minimum atomic E-state index is -0.133. The number of nitrogens with zero attached hydrogens (tertiary/aromatic N) is 2. The molecule has 3 rings (SSSR count). The van der Waals surface area contributed by atoms with Crippen LogP contribution in [0.5, 0.6) is 0 Å². The summed E-state index contributed by atoms with van der Waals surface area (Å²) in [6.45, 7) is 1.52. The first-order valence-electron chi connectivity index (χ1n) is 6.77. The highest BCUT2D eigenvalue weighted by atomic mass is 16.1. The van der Waals surface area contributed by atoms with Gasteiger partial charge in [0, 0.05) is 0 Å². The number of nitrogens with one attached hydrogen (secondary N) is 2. The van der Waals surface area contributed by atoms with E-state index in [4.69, 9.17) is 0 Å². The van der Waals surface area contributed by atoms with Gasteiger partial charge in [0.05, 0.1) is 12.6 Å². The number of aromatic amines is 1. The molecule has 2 heterocycles. The second-order valence-electron chi connectivity index (χ2n) is 4.96. The maximum atomic E-state index is 11.9. The van der Waals surface area contributed by atoms with Crippen LogP contribution < -0.4 is 11.0 Å². The Labute approximate surface area is 111 Å². The first kappa shape index (κ1) is 12.2. The van der Waals surface area contributed by atoms with Crippen molar-refractivity contribution >= 4 is 0 Å². The Morgan fingerprint density at radius 2 is 2.11 bits per heavy atom. The average molecular weight is 258 g/mol. The van der Waals surface area contributed by atoms with Crippen LogP contribution in [0, 0.1) is 0 Å². The smallest absolute Gasteiger partial charge is 0.307 e. The molecule has 5 heteroatoms. The van der Waals surface area contributed by atoms with E-state index < -0.39 is 0 Å². The van der Waals surface area contributed by atoms with Crippen molar-refractivity contribution in [2.45, 2.75) is 31.8 Å². The van der Waals surface area contributed by atoms with Gasteiger partial charge >= 0.3 is 5.69 Å². The molecule has 2 aromatic rings. The monoisotopic (exact) mass is 258 g/mol. The molecule has 1 atom stereocenters. The summed E-state index contributed by atoms with van der Waals surface area (Å²) in [7, 11) is 0. The molecule has 5 nitrogen and oxygen atoms in total. The van der Waals surface area contributed by atoms with Gasteiger partial charge in [-0.05, 0) is 24.9 Å². The van der Waals surface area contributed by atoms with Crippen LogP contribution >= 0.6 is 0 Å². The molecule has 1 unspecified atom stereocenters. The molecule has 1 fully saturated rings. The molecular weight excluding hydrogens is 240 g/mol. The fourth-order valence-corrected chi connectivity index (χ4v) is 2.48. The molecule has 0 bridgehead atoms. The van der Waals surface area contributed by atoms with Crippen LogP contribution in [0.15, 0.2) is 35.1 Å². The van der Waals surface area contributed by atoms with Crippen molar-refractivity contribution in [3.8, 4) is 0 Å². The maximum absolute atomic E-state index is 11.9. The minimum Gasteiger partial charge on any atom is -0.307 e. The SMILES string of the molecule is O=c1[nH]c(C2CCCCN2)nn1Cc1ccccc1. The van der Waals surface area contributed by atoms with E-state index in [2.05, 4.69) is 15.4 Å². The van der Waals surface area contributed by atoms with Crippen LogP contribution in [0.3, 0.4) is 0 Å². The quantitative estimate of drug-likeness (QED) is 0.875. The number of benzene rings is 1. The van der Waals surface area contributed by atoms with Crippen LogP contribution in [0.25, 0.3) is 0 Å². The molecule has 0 radical (unpaired) electrons. The summed E-state index contributed by atoms with van der Waals surface area (Å²) < 4.78 is 1.50. The van der Waals surface area contributed by atoms with Crippen molar-refractivity contribution in [2.24, 2.45) is 0 Å². The Kier molecular flexibility index (Phi) is 3.46. The largest absolute Gasteiger partial charge is 0.343 e. The fraction of sp³-hybridized carbons (Fsp3) is 0.429. The summed E-state index contributed by atoms with van der Waals surface area (Å²) in [5.41, 5.74) is 0.950. The van der Waals surface area contributed by atoms with Gasteiger partial charge in [0.15, 0.2) is 0 Å². The molecule has 2 N–H and O–H groups in total. The molecule has 1 aromatic heterocycles. The molecule has 0 amide bonds. The predicted octanol–water partition coefficient (Wildman–Crippen LogP) is 1.43. The Morgan fingerprint density at radius 3 is 2.84 bits per heavy atom. The Bertz CT molecular complexity index is 581. The Hall–Kier alpha value is -1.88. The van der Waals surface area contributed by atoms with E-state index >= 15 is 0 Å². The third kappa shape index (κ3) is 2.76. The van der Waals surface area contributed by atoms with Gasteiger partial charge in [-0.25, -0.2) is 9.48 Å². The molecule has 0 saturated carbocycles. The molecule has 1 aliphatic heterocycles. The third-order valence-electron chi connectivity index (χ3n) is 3.51. The molecule has 19 heavy (non-hydrogen) atoms. The van der Waals surface area contributed by atoms with E-state index in [0.717, 1.165) is 24.4 Å². The highest BCUT2D eigenvalue weighted by Crippen LogP contribution is 2.18. The highest BCUT2D eigenvalue weighted by molar-refractivity contribution is 5.14. The Balaban J connectivity index is 1.79. The van der Waals surface area contributed by atoms with Crippen LogP contribution in [0.4, 0.5) is 0 Å². The number of hydrogen-bond donors (Lipinski definition) is 2. The number of H-pyrrole nitrogens is 1. The zero-order valence-electron chi connectivity index (χ0n) is 10.8. The predicted molar refractivity (Wildman–Crippen MR) is 73.0 cm³/mol. The molecular formula is C14H18N4O. The summed E-state index contributed by atoms with van der Waals surface area (Å²) in [6, 6.07) is 10.1. The van der Waals surface area contributed by atoms with Crippen molar-refractivity contribution in [3.63, 3.8) is 0 Å². The first-order chi connectivity index (χ1) is 9.33. The highest BCUT2D eigenvalue weighted by Gasteiger charge is 2.19. The lowest BCUT2D eigenvalue weighted by molar-refractivity contribution is 0.395. The van der Waals surface area contributed by atoms with Crippen molar-refractivity contribution in [3.05, 3.63) is 52.2 Å².